The maximum Gasteiger partial charge on any atom is 0.337 e. The molecule has 2 rings (SSSR count). The number of amides is 1. The summed E-state index contributed by atoms with van der Waals surface area (Å²) in [5, 5.41) is 6.45. The summed E-state index contributed by atoms with van der Waals surface area (Å²) in [7, 11) is 1.33. The predicted octanol–water partition coefficient (Wildman–Crippen LogP) is 3.07. The van der Waals surface area contributed by atoms with Gasteiger partial charge in [0.1, 0.15) is 0 Å². The molecule has 0 bridgehead atoms. The molecule has 2 aromatic rings. The number of nitrogens with one attached hydrogen (secondary N) is 1. The molecule has 7 heteroatoms. The van der Waals surface area contributed by atoms with E-state index in [1.54, 1.807) is 30.3 Å². The third-order valence-electron chi connectivity index (χ3n) is 2.91. The van der Waals surface area contributed by atoms with Gasteiger partial charge in [0.2, 0.25) is 0 Å². The molecule has 0 spiro atoms. The molecular weight excluding hydrogens is 423 g/mol. The highest BCUT2D eigenvalue weighted by Gasteiger charge is 2.04. The van der Waals surface area contributed by atoms with Gasteiger partial charge in [0, 0.05) is 9.26 Å². The van der Waals surface area contributed by atoms with Crippen LogP contribution in [0.5, 0.6) is 0 Å². The van der Waals surface area contributed by atoms with Crippen molar-refractivity contribution in [1.82, 2.24) is 0 Å². The molecule has 6 nitrogen and oxygen atoms in total. The first-order valence-corrected chi connectivity index (χ1v) is 8.05. The average Bonchev–Trinajstić information content (AvgIpc) is 2.58. The smallest absolute Gasteiger partial charge is 0.337 e. The Morgan fingerprint density at radius 3 is 2.62 bits per heavy atom. The second kappa shape index (κ2) is 9.02. The molecule has 0 atom stereocenters. The lowest BCUT2D eigenvalue weighted by atomic mass is 10.1. The maximum absolute atomic E-state index is 11.7. The number of oxime groups is 1. The molecule has 0 aliphatic rings. The molecule has 0 saturated carbocycles. The van der Waals surface area contributed by atoms with E-state index in [0.29, 0.717) is 11.3 Å². The van der Waals surface area contributed by atoms with Crippen molar-refractivity contribution < 1.29 is 19.2 Å². The van der Waals surface area contributed by atoms with Crippen molar-refractivity contribution >= 4 is 46.4 Å². The Balaban J connectivity index is 1.79. The van der Waals surface area contributed by atoms with Gasteiger partial charge < -0.3 is 14.9 Å². The van der Waals surface area contributed by atoms with Crippen molar-refractivity contribution in [3.63, 3.8) is 0 Å². The summed E-state index contributed by atoms with van der Waals surface area (Å²) in [5.74, 6) is -0.697. The number of rotatable bonds is 6. The highest BCUT2D eigenvalue weighted by molar-refractivity contribution is 14.1. The van der Waals surface area contributed by atoms with Crippen LogP contribution in [-0.2, 0) is 14.4 Å². The summed E-state index contributed by atoms with van der Waals surface area (Å²) >= 11 is 2.17. The van der Waals surface area contributed by atoms with E-state index in [-0.39, 0.29) is 12.5 Å². The molecule has 0 fully saturated rings. The van der Waals surface area contributed by atoms with Crippen LogP contribution in [0.3, 0.4) is 0 Å². The highest BCUT2D eigenvalue weighted by Crippen LogP contribution is 2.12. The van der Waals surface area contributed by atoms with Crippen LogP contribution >= 0.6 is 22.6 Å². The topological polar surface area (TPSA) is 77.0 Å². The molecule has 2 aromatic carbocycles. The van der Waals surface area contributed by atoms with E-state index < -0.39 is 5.97 Å². The van der Waals surface area contributed by atoms with E-state index in [2.05, 4.69) is 37.8 Å². The van der Waals surface area contributed by atoms with E-state index in [1.165, 1.54) is 13.3 Å². The molecule has 0 aromatic heterocycles. The van der Waals surface area contributed by atoms with E-state index in [0.717, 1.165) is 9.13 Å². The fourth-order valence-electron chi connectivity index (χ4n) is 1.78. The quantitative estimate of drug-likeness (QED) is 0.326. The van der Waals surface area contributed by atoms with Gasteiger partial charge in [-0.2, -0.15) is 0 Å². The zero-order valence-corrected chi connectivity index (χ0v) is 15.0. The number of carbonyl (C=O) groups is 2. The molecular formula is C17H15IN2O4. The number of hydrogen-bond acceptors (Lipinski definition) is 5. The van der Waals surface area contributed by atoms with Crippen LogP contribution in [-0.4, -0.2) is 31.8 Å². The van der Waals surface area contributed by atoms with Gasteiger partial charge in [-0.05, 0) is 58.5 Å². The van der Waals surface area contributed by atoms with Gasteiger partial charge >= 0.3 is 5.97 Å². The predicted molar refractivity (Wildman–Crippen MR) is 99.1 cm³/mol. The first kappa shape index (κ1) is 17.9. The average molecular weight is 438 g/mol. The fourth-order valence-corrected chi connectivity index (χ4v) is 2.32. The number of anilines is 1. The van der Waals surface area contributed by atoms with Gasteiger partial charge in [-0.3, -0.25) is 4.79 Å². The van der Waals surface area contributed by atoms with Crippen LogP contribution in [0.1, 0.15) is 15.9 Å². The maximum atomic E-state index is 11.7. The summed E-state index contributed by atoms with van der Waals surface area (Å²) in [6.07, 6.45) is 1.46. The number of benzene rings is 2. The molecule has 0 aliphatic heterocycles. The third kappa shape index (κ3) is 5.65. The minimum atomic E-state index is -0.401. The number of esters is 1. The Bertz CT molecular complexity index is 745. The first-order valence-electron chi connectivity index (χ1n) is 6.97. The lowest BCUT2D eigenvalue weighted by Crippen LogP contribution is -2.17. The second-order valence-corrected chi connectivity index (χ2v) is 5.93. The summed E-state index contributed by atoms with van der Waals surface area (Å²) in [5.41, 5.74) is 1.89. The normalized spacial score (nSPS) is 10.4. The number of hydrogen-bond donors (Lipinski definition) is 1. The van der Waals surface area contributed by atoms with Crippen LogP contribution in [0.4, 0.5) is 5.69 Å². The molecule has 0 unspecified atom stereocenters. The SMILES string of the molecule is COC(=O)c1ccc(/C=N/OCC(=O)Nc2cccc(I)c2)cc1. The Kier molecular flexibility index (Phi) is 6.74. The molecule has 124 valence electrons. The first-order chi connectivity index (χ1) is 11.6. The van der Waals surface area contributed by atoms with E-state index in [4.69, 9.17) is 4.84 Å². The lowest BCUT2D eigenvalue weighted by Gasteiger charge is -2.04. The monoisotopic (exact) mass is 438 g/mol. The minimum Gasteiger partial charge on any atom is -0.465 e. The molecule has 0 aliphatic carbocycles. The molecule has 0 radical (unpaired) electrons. The van der Waals surface area contributed by atoms with Gasteiger partial charge in [-0.1, -0.05) is 23.4 Å². The van der Waals surface area contributed by atoms with Crippen LogP contribution in [0.15, 0.2) is 53.7 Å². The third-order valence-corrected chi connectivity index (χ3v) is 3.58. The van der Waals surface area contributed by atoms with Gasteiger partial charge in [0.15, 0.2) is 6.61 Å². The second-order valence-electron chi connectivity index (χ2n) is 4.68. The number of ether oxygens (including phenoxy) is 1. The Morgan fingerprint density at radius 2 is 1.96 bits per heavy atom. The Morgan fingerprint density at radius 1 is 1.21 bits per heavy atom. The summed E-state index contributed by atoms with van der Waals surface area (Å²) < 4.78 is 5.64. The highest BCUT2D eigenvalue weighted by atomic mass is 127. The van der Waals surface area contributed by atoms with Gasteiger partial charge in [0.05, 0.1) is 18.9 Å². The van der Waals surface area contributed by atoms with Crippen LogP contribution in [0.25, 0.3) is 0 Å². The van der Waals surface area contributed by atoms with E-state index in [1.807, 2.05) is 18.2 Å². The van der Waals surface area contributed by atoms with Crippen molar-refractivity contribution in [2.75, 3.05) is 19.0 Å². The van der Waals surface area contributed by atoms with Crippen molar-refractivity contribution in [2.24, 2.45) is 5.16 Å². The Labute approximate surface area is 153 Å². The standard InChI is InChI=1S/C17H15IN2O4/c1-23-17(22)13-7-5-12(6-8-13)10-19-24-11-16(21)20-15-4-2-3-14(18)9-15/h2-10H,11H2,1H3,(H,20,21)/b19-10+. The van der Waals surface area contributed by atoms with Crippen LogP contribution < -0.4 is 5.32 Å². The molecule has 1 amide bonds. The van der Waals surface area contributed by atoms with E-state index in [9.17, 15) is 9.59 Å². The fraction of sp³-hybridized carbons (Fsp3) is 0.118. The van der Waals surface area contributed by atoms with Crippen LogP contribution in [0, 0.1) is 3.57 Å². The number of methoxy groups -OCH3 is 1. The van der Waals surface area contributed by atoms with Crippen molar-refractivity contribution in [3.05, 3.63) is 63.2 Å². The zero-order chi connectivity index (χ0) is 17.4. The van der Waals surface area contributed by atoms with Crippen molar-refractivity contribution in [3.8, 4) is 0 Å². The molecule has 0 heterocycles. The number of carbonyl (C=O) groups excluding carboxylic acids is 2. The van der Waals surface area contributed by atoms with Crippen molar-refractivity contribution in [1.29, 1.82) is 0 Å². The number of halogens is 1. The van der Waals surface area contributed by atoms with Gasteiger partial charge in [0.25, 0.3) is 5.91 Å². The zero-order valence-electron chi connectivity index (χ0n) is 12.9. The van der Waals surface area contributed by atoms with E-state index >= 15 is 0 Å². The molecule has 0 saturated heterocycles. The van der Waals surface area contributed by atoms with Crippen molar-refractivity contribution in [2.45, 2.75) is 0 Å². The van der Waals surface area contributed by atoms with Gasteiger partial charge in [-0.25, -0.2) is 4.79 Å². The lowest BCUT2D eigenvalue weighted by molar-refractivity contribution is -0.120. The Hall–Kier alpha value is -2.42. The summed E-state index contributed by atoms with van der Waals surface area (Å²) in [6, 6.07) is 14.1. The number of nitrogens with zero attached hydrogens (tertiary/aromatic N) is 1. The molecule has 24 heavy (non-hydrogen) atoms. The summed E-state index contributed by atoms with van der Waals surface area (Å²) in [4.78, 5) is 28.0. The largest absolute Gasteiger partial charge is 0.465 e. The minimum absolute atomic E-state index is 0.192. The van der Waals surface area contributed by atoms with Gasteiger partial charge in [-0.15, -0.1) is 0 Å². The molecule has 1 N–H and O–H groups in total. The summed E-state index contributed by atoms with van der Waals surface area (Å²) in [6.45, 7) is -0.192. The van der Waals surface area contributed by atoms with Crippen LogP contribution in [0.2, 0.25) is 0 Å².